The number of nitrogens with zero attached hydrogens (tertiary/aromatic N) is 6. The molecule has 0 spiro atoms. The number of rotatable bonds is 11. The fourth-order valence-electron chi connectivity index (χ4n) is 4.46. The Bertz CT molecular complexity index is 1510. The molecule has 2 aromatic carbocycles. The van der Waals surface area contributed by atoms with Crippen LogP contribution in [0.2, 0.25) is 0 Å². The monoisotopic (exact) mass is 526 g/mol. The summed E-state index contributed by atoms with van der Waals surface area (Å²) in [5.41, 5.74) is 4.03. The number of nitrogens with one attached hydrogen (secondary N) is 2. The van der Waals surface area contributed by atoms with Crippen LogP contribution in [0.3, 0.4) is 0 Å². The van der Waals surface area contributed by atoms with Crippen LogP contribution in [0.4, 0.5) is 23.0 Å². The number of methoxy groups -OCH3 is 1. The fourth-order valence-corrected chi connectivity index (χ4v) is 4.46. The number of carbonyl (C=O) groups excluding carboxylic acids is 1. The normalized spacial score (nSPS) is 12.9. The molecule has 2 aromatic heterocycles. The standard InChI is InChI=1S/C29H34N8O2/c1-6-27(38)31-21-17-22(25(39-5)18-24(21)36(4)16-15-35(2)3)33-29-30-14-13-26(34-29)37-23-10-8-7-9-20(23)32-28(37)19-11-12-19/h6-10,13-14,17-19H,1,11-12,15-16H2,2-5H3,(H,31,38)(H,30,33,34). The van der Waals surface area contributed by atoms with Gasteiger partial charge in [-0.3, -0.25) is 9.36 Å². The summed E-state index contributed by atoms with van der Waals surface area (Å²) in [6.45, 7) is 5.20. The van der Waals surface area contributed by atoms with E-state index in [1.165, 1.54) is 6.08 Å². The van der Waals surface area contributed by atoms with Gasteiger partial charge in [0.1, 0.15) is 17.4 Å². The van der Waals surface area contributed by atoms with Crippen molar-refractivity contribution in [2.24, 2.45) is 0 Å². The second-order valence-electron chi connectivity index (χ2n) is 9.92. The molecular weight excluding hydrogens is 492 g/mol. The molecule has 0 bridgehead atoms. The molecule has 0 saturated heterocycles. The molecule has 2 heterocycles. The summed E-state index contributed by atoms with van der Waals surface area (Å²) in [6.07, 6.45) is 5.24. The van der Waals surface area contributed by atoms with Crippen molar-refractivity contribution in [3.8, 4) is 11.6 Å². The predicted octanol–water partition coefficient (Wildman–Crippen LogP) is 4.57. The minimum Gasteiger partial charge on any atom is -0.494 e. The van der Waals surface area contributed by atoms with Gasteiger partial charge in [-0.15, -0.1) is 0 Å². The first kappa shape index (κ1) is 26.2. The molecule has 1 amide bonds. The van der Waals surface area contributed by atoms with Gasteiger partial charge in [0.25, 0.3) is 0 Å². The number of fused-ring (bicyclic) bond motifs is 1. The molecule has 1 aliphatic carbocycles. The van der Waals surface area contributed by atoms with Gasteiger partial charge in [-0.25, -0.2) is 9.97 Å². The van der Waals surface area contributed by atoms with E-state index < -0.39 is 0 Å². The van der Waals surface area contributed by atoms with Crippen molar-refractivity contribution in [3.63, 3.8) is 0 Å². The number of hydrogen-bond donors (Lipinski definition) is 2. The van der Waals surface area contributed by atoms with E-state index in [1.807, 2.05) is 57.5 Å². The smallest absolute Gasteiger partial charge is 0.247 e. The minimum atomic E-state index is -0.300. The molecular formula is C29H34N8O2. The highest BCUT2D eigenvalue weighted by Crippen LogP contribution is 2.42. The highest BCUT2D eigenvalue weighted by molar-refractivity contribution is 6.02. The van der Waals surface area contributed by atoms with Crippen LogP contribution in [0.25, 0.3) is 16.9 Å². The maximum atomic E-state index is 12.3. The van der Waals surface area contributed by atoms with Gasteiger partial charge in [-0.1, -0.05) is 18.7 Å². The van der Waals surface area contributed by atoms with Gasteiger partial charge in [0.2, 0.25) is 11.9 Å². The lowest BCUT2D eigenvalue weighted by molar-refractivity contribution is -0.111. The van der Waals surface area contributed by atoms with Crippen LogP contribution in [0.1, 0.15) is 24.6 Å². The number of aromatic nitrogens is 4. The number of para-hydroxylation sites is 2. The first-order chi connectivity index (χ1) is 18.9. The molecule has 0 aliphatic heterocycles. The summed E-state index contributed by atoms with van der Waals surface area (Å²) in [7, 11) is 7.64. The largest absolute Gasteiger partial charge is 0.494 e. The maximum absolute atomic E-state index is 12.3. The Kier molecular flexibility index (Phi) is 7.47. The lowest BCUT2D eigenvalue weighted by Crippen LogP contribution is -2.29. The molecule has 5 rings (SSSR count). The molecule has 1 aliphatic rings. The van der Waals surface area contributed by atoms with E-state index in [1.54, 1.807) is 13.3 Å². The highest BCUT2D eigenvalue weighted by Gasteiger charge is 2.30. The van der Waals surface area contributed by atoms with Crippen LogP contribution >= 0.6 is 0 Å². The Morgan fingerprint density at radius 2 is 1.92 bits per heavy atom. The number of amides is 1. The summed E-state index contributed by atoms with van der Waals surface area (Å²) in [5.74, 6) is 2.91. The zero-order chi connectivity index (χ0) is 27.5. The van der Waals surface area contributed by atoms with Gasteiger partial charge >= 0.3 is 0 Å². The number of carbonyl (C=O) groups is 1. The Hall–Kier alpha value is -4.44. The van der Waals surface area contributed by atoms with E-state index >= 15 is 0 Å². The zero-order valence-electron chi connectivity index (χ0n) is 22.8. The molecule has 10 heteroatoms. The Morgan fingerprint density at radius 3 is 2.64 bits per heavy atom. The third kappa shape index (κ3) is 5.70. The van der Waals surface area contributed by atoms with Crippen molar-refractivity contribution < 1.29 is 9.53 Å². The van der Waals surface area contributed by atoms with Gasteiger partial charge in [-0.2, -0.15) is 4.98 Å². The van der Waals surface area contributed by atoms with Crippen molar-refractivity contribution in [3.05, 3.63) is 67.1 Å². The molecule has 1 fully saturated rings. The maximum Gasteiger partial charge on any atom is 0.247 e. The third-order valence-corrected chi connectivity index (χ3v) is 6.70. The molecule has 202 valence electrons. The SMILES string of the molecule is C=CC(=O)Nc1cc(Nc2nccc(-n3c(C4CC4)nc4ccccc43)n2)c(OC)cc1N(C)CCN(C)C. The van der Waals surface area contributed by atoms with E-state index in [0.29, 0.717) is 29.0 Å². The Balaban J connectivity index is 1.51. The van der Waals surface area contributed by atoms with Gasteiger partial charge in [0.15, 0.2) is 0 Å². The average Bonchev–Trinajstić information content (AvgIpc) is 3.71. The van der Waals surface area contributed by atoms with Crippen LogP contribution in [0.15, 0.2) is 61.3 Å². The Morgan fingerprint density at radius 1 is 1.13 bits per heavy atom. The summed E-state index contributed by atoms with van der Waals surface area (Å²) in [5, 5.41) is 6.23. The van der Waals surface area contributed by atoms with Crippen molar-refractivity contribution in [1.82, 2.24) is 24.4 Å². The number of ether oxygens (including phenoxy) is 1. The predicted molar refractivity (Wildman–Crippen MR) is 156 cm³/mol. The quantitative estimate of drug-likeness (QED) is 0.274. The first-order valence-corrected chi connectivity index (χ1v) is 13.0. The van der Waals surface area contributed by atoms with Gasteiger partial charge in [0.05, 0.1) is 35.2 Å². The number of anilines is 4. The van der Waals surface area contributed by atoms with Crippen molar-refractivity contribution >= 4 is 40.0 Å². The van der Waals surface area contributed by atoms with Crippen LogP contribution in [-0.2, 0) is 4.79 Å². The van der Waals surface area contributed by atoms with E-state index in [0.717, 1.165) is 54.3 Å². The van der Waals surface area contributed by atoms with Gasteiger partial charge < -0.3 is 25.2 Å². The Labute approximate surface area is 228 Å². The van der Waals surface area contributed by atoms with E-state index in [4.69, 9.17) is 14.7 Å². The molecule has 0 atom stereocenters. The molecule has 2 N–H and O–H groups in total. The number of hydrogen-bond acceptors (Lipinski definition) is 8. The molecule has 39 heavy (non-hydrogen) atoms. The van der Waals surface area contributed by atoms with E-state index in [-0.39, 0.29) is 5.91 Å². The first-order valence-electron chi connectivity index (χ1n) is 13.0. The lowest BCUT2D eigenvalue weighted by atomic mass is 10.2. The van der Waals surface area contributed by atoms with Gasteiger partial charge in [-0.05, 0) is 57.3 Å². The second kappa shape index (κ2) is 11.1. The summed E-state index contributed by atoms with van der Waals surface area (Å²) >= 11 is 0. The van der Waals surface area contributed by atoms with Crippen LogP contribution in [-0.4, -0.2) is 71.7 Å². The summed E-state index contributed by atoms with van der Waals surface area (Å²) < 4.78 is 7.86. The third-order valence-electron chi connectivity index (χ3n) is 6.70. The fraction of sp³-hybridized carbons (Fsp3) is 0.310. The summed E-state index contributed by atoms with van der Waals surface area (Å²) in [4.78, 5) is 30.7. The van der Waals surface area contributed by atoms with Crippen LogP contribution in [0, 0.1) is 0 Å². The molecule has 0 unspecified atom stereocenters. The number of benzene rings is 2. The molecule has 10 nitrogen and oxygen atoms in total. The molecule has 4 aromatic rings. The average molecular weight is 527 g/mol. The molecule has 0 radical (unpaired) electrons. The van der Waals surface area contributed by atoms with Crippen LogP contribution in [0.5, 0.6) is 5.75 Å². The van der Waals surface area contributed by atoms with Crippen LogP contribution < -0.4 is 20.3 Å². The molecule has 1 saturated carbocycles. The minimum absolute atomic E-state index is 0.300. The van der Waals surface area contributed by atoms with Crippen molar-refractivity contribution in [2.75, 3.05) is 56.9 Å². The zero-order valence-corrected chi connectivity index (χ0v) is 22.8. The lowest BCUT2D eigenvalue weighted by Gasteiger charge is -2.26. The highest BCUT2D eigenvalue weighted by atomic mass is 16.5. The topological polar surface area (TPSA) is 100 Å². The number of likely N-dealkylation sites (N-methyl/N-ethyl adjacent to an activating group) is 2. The van der Waals surface area contributed by atoms with E-state index in [2.05, 4.69) is 42.6 Å². The number of imidazole rings is 1. The van der Waals surface area contributed by atoms with Gasteiger partial charge in [0, 0.05) is 38.3 Å². The summed E-state index contributed by atoms with van der Waals surface area (Å²) in [6, 6.07) is 13.7. The van der Waals surface area contributed by atoms with E-state index in [9.17, 15) is 4.79 Å². The van der Waals surface area contributed by atoms with Crippen molar-refractivity contribution in [2.45, 2.75) is 18.8 Å². The second-order valence-corrected chi connectivity index (χ2v) is 9.92. The van der Waals surface area contributed by atoms with Crippen molar-refractivity contribution in [1.29, 1.82) is 0 Å².